The second kappa shape index (κ2) is 13.0. The Kier molecular flexibility index (Phi) is 9.04. The number of aryl methyl sites for hydroxylation is 1. The normalized spacial score (nSPS) is 18.4. The smallest absolute Gasteiger partial charge is 0.225 e. The lowest BCUT2D eigenvalue weighted by Gasteiger charge is -2.30. The highest BCUT2D eigenvalue weighted by molar-refractivity contribution is 5.79. The highest BCUT2D eigenvalue weighted by atomic mass is 16.5. The molecule has 0 saturated heterocycles. The summed E-state index contributed by atoms with van der Waals surface area (Å²) >= 11 is 0. The van der Waals surface area contributed by atoms with Gasteiger partial charge in [-0.1, -0.05) is 36.4 Å². The number of hydrogen-bond acceptors (Lipinski definition) is 7. The lowest BCUT2D eigenvalue weighted by molar-refractivity contribution is -0.121. The molecule has 0 spiro atoms. The van der Waals surface area contributed by atoms with Crippen molar-refractivity contribution in [2.24, 2.45) is 0 Å². The molecule has 1 heterocycles. The molecule has 1 aromatic heterocycles. The van der Waals surface area contributed by atoms with E-state index in [1.807, 2.05) is 48.5 Å². The van der Waals surface area contributed by atoms with Crippen LogP contribution in [-0.4, -0.2) is 49.2 Å². The van der Waals surface area contributed by atoms with Crippen molar-refractivity contribution in [3.63, 3.8) is 0 Å². The minimum absolute atomic E-state index is 0.0325. The number of anilines is 2. The molecular formula is C32H41N5O3. The summed E-state index contributed by atoms with van der Waals surface area (Å²) in [5.41, 5.74) is 4.49. The maximum atomic E-state index is 12.9. The van der Waals surface area contributed by atoms with E-state index in [1.54, 1.807) is 7.11 Å². The first-order chi connectivity index (χ1) is 19.5. The second-order valence-corrected chi connectivity index (χ2v) is 11.1. The number of hydrogen-bond donors (Lipinski definition) is 2. The van der Waals surface area contributed by atoms with E-state index < -0.39 is 0 Å². The molecule has 212 valence electrons. The van der Waals surface area contributed by atoms with Gasteiger partial charge in [0.2, 0.25) is 11.9 Å². The van der Waals surface area contributed by atoms with Gasteiger partial charge >= 0.3 is 0 Å². The van der Waals surface area contributed by atoms with Crippen molar-refractivity contribution < 1.29 is 14.3 Å². The van der Waals surface area contributed by atoms with E-state index in [0.29, 0.717) is 30.6 Å². The van der Waals surface area contributed by atoms with Gasteiger partial charge in [0.25, 0.3) is 0 Å². The number of amides is 1. The van der Waals surface area contributed by atoms with Gasteiger partial charge in [-0.05, 0) is 74.6 Å². The molecule has 2 aliphatic carbocycles. The quantitative estimate of drug-likeness (QED) is 0.368. The zero-order valence-corrected chi connectivity index (χ0v) is 23.9. The summed E-state index contributed by atoms with van der Waals surface area (Å²) in [6.45, 7) is 0.462. The summed E-state index contributed by atoms with van der Waals surface area (Å²) in [7, 11) is 5.73. The summed E-state index contributed by atoms with van der Waals surface area (Å²) in [6, 6.07) is 16.2. The zero-order valence-electron chi connectivity index (χ0n) is 23.9. The van der Waals surface area contributed by atoms with Gasteiger partial charge in [-0.2, -0.15) is 4.98 Å². The monoisotopic (exact) mass is 543 g/mol. The largest absolute Gasteiger partial charge is 0.493 e. The molecule has 8 nitrogen and oxygen atoms in total. The van der Waals surface area contributed by atoms with Gasteiger partial charge in [0.15, 0.2) is 11.5 Å². The SMILES string of the molecule is COc1cc(CC(=O)NC2CCC(Nc3nc4c(c(N(C)C)n3)CCCC4)CC2)ccc1OCc1ccccc1. The van der Waals surface area contributed by atoms with Crippen LogP contribution in [0.4, 0.5) is 11.8 Å². The molecule has 1 saturated carbocycles. The Morgan fingerprint density at radius 3 is 2.42 bits per heavy atom. The van der Waals surface area contributed by atoms with Gasteiger partial charge in [-0.15, -0.1) is 0 Å². The summed E-state index contributed by atoms with van der Waals surface area (Å²) < 4.78 is 11.5. The first kappa shape index (κ1) is 27.7. The van der Waals surface area contributed by atoms with Crippen LogP contribution in [0.25, 0.3) is 0 Å². The van der Waals surface area contributed by atoms with Crippen LogP contribution in [0.5, 0.6) is 11.5 Å². The Bertz CT molecular complexity index is 1290. The molecule has 0 unspecified atom stereocenters. The van der Waals surface area contributed by atoms with E-state index in [-0.39, 0.29) is 11.9 Å². The van der Waals surface area contributed by atoms with Gasteiger partial charge in [0.1, 0.15) is 12.4 Å². The number of aromatic nitrogens is 2. The van der Waals surface area contributed by atoms with E-state index in [0.717, 1.165) is 61.4 Å². The van der Waals surface area contributed by atoms with Gasteiger partial charge in [0, 0.05) is 31.7 Å². The molecule has 8 heteroatoms. The Hall–Kier alpha value is -3.81. The number of methoxy groups -OCH3 is 1. The number of rotatable bonds is 10. The van der Waals surface area contributed by atoms with Crippen molar-refractivity contribution in [3.8, 4) is 11.5 Å². The molecule has 40 heavy (non-hydrogen) atoms. The van der Waals surface area contributed by atoms with Crippen LogP contribution in [-0.2, 0) is 30.7 Å². The van der Waals surface area contributed by atoms with Crippen molar-refractivity contribution in [2.45, 2.75) is 76.5 Å². The third kappa shape index (κ3) is 7.03. The third-order valence-electron chi connectivity index (χ3n) is 7.84. The molecule has 2 aromatic carbocycles. The molecular weight excluding hydrogens is 502 g/mol. The van der Waals surface area contributed by atoms with Crippen LogP contribution in [0.3, 0.4) is 0 Å². The average Bonchev–Trinajstić information content (AvgIpc) is 2.97. The Balaban J connectivity index is 1.10. The molecule has 1 amide bonds. The fraction of sp³-hybridized carbons (Fsp3) is 0.469. The number of nitrogens with zero attached hydrogens (tertiary/aromatic N) is 3. The van der Waals surface area contributed by atoms with Crippen molar-refractivity contribution >= 4 is 17.7 Å². The lowest BCUT2D eigenvalue weighted by atomic mass is 9.91. The van der Waals surface area contributed by atoms with Crippen molar-refractivity contribution in [1.29, 1.82) is 0 Å². The predicted octanol–water partition coefficient (Wildman–Crippen LogP) is 5.09. The standard InChI is InChI=1S/C32H41N5O3/c1-37(2)31-26-11-7-8-12-27(26)35-32(36-31)34-25-16-14-24(15-17-25)33-30(38)20-23-13-18-28(29(19-23)39-3)40-21-22-9-5-4-6-10-22/h4-6,9-10,13,18-19,24-25H,7-8,11-12,14-17,20-21H2,1-3H3,(H,33,38)(H,34,35,36). The molecule has 0 bridgehead atoms. The first-order valence-corrected chi connectivity index (χ1v) is 14.4. The van der Waals surface area contributed by atoms with Crippen molar-refractivity contribution in [2.75, 3.05) is 31.4 Å². The Morgan fingerprint density at radius 1 is 0.925 bits per heavy atom. The van der Waals surface area contributed by atoms with E-state index in [4.69, 9.17) is 19.4 Å². The van der Waals surface area contributed by atoms with Crippen LogP contribution in [0.15, 0.2) is 48.5 Å². The minimum Gasteiger partial charge on any atom is -0.493 e. The number of fused-ring (bicyclic) bond motifs is 1. The lowest BCUT2D eigenvalue weighted by Crippen LogP contribution is -2.41. The van der Waals surface area contributed by atoms with E-state index in [2.05, 4.69) is 29.6 Å². The van der Waals surface area contributed by atoms with Crippen LogP contribution in [0.2, 0.25) is 0 Å². The second-order valence-electron chi connectivity index (χ2n) is 11.1. The van der Waals surface area contributed by atoms with Crippen molar-refractivity contribution in [3.05, 3.63) is 70.9 Å². The van der Waals surface area contributed by atoms with Crippen molar-refractivity contribution in [1.82, 2.24) is 15.3 Å². The summed E-state index contributed by atoms with van der Waals surface area (Å²) in [4.78, 5) is 24.7. The fourth-order valence-electron chi connectivity index (χ4n) is 5.71. The number of nitrogens with one attached hydrogen (secondary N) is 2. The third-order valence-corrected chi connectivity index (χ3v) is 7.84. The maximum absolute atomic E-state index is 12.9. The molecule has 2 aliphatic rings. The molecule has 0 radical (unpaired) electrons. The van der Waals surface area contributed by atoms with Gasteiger partial charge in [-0.3, -0.25) is 4.79 Å². The molecule has 2 N–H and O–H groups in total. The molecule has 0 aliphatic heterocycles. The van der Waals surface area contributed by atoms with Crippen LogP contribution >= 0.6 is 0 Å². The number of benzene rings is 2. The predicted molar refractivity (Wildman–Crippen MR) is 158 cm³/mol. The number of carbonyl (C=O) groups is 1. The minimum atomic E-state index is 0.0325. The Labute approximate surface area is 237 Å². The van der Waals surface area contributed by atoms with Crippen LogP contribution in [0.1, 0.15) is 60.9 Å². The van der Waals surface area contributed by atoms with E-state index in [1.165, 1.54) is 24.1 Å². The molecule has 5 rings (SSSR count). The summed E-state index contributed by atoms with van der Waals surface area (Å²) in [5, 5.41) is 6.83. The van der Waals surface area contributed by atoms with Gasteiger partial charge < -0.3 is 25.0 Å². The molecule has 1 fully saturated rings. The topological polar surface area (TPSA) is 88.6 Å². The first-order valence-electron chi connectivity index (χ1n) is 14.4. The van der Waals surface area contributed by atoms with Gasteiger partial charge in [-0.25, -0.2) is 4.98 Å². The zero-order chi connectivity index (χ0) is 27.9. The van der Waals surface area contributed by atoms with E-state index in [9.17, 15) is 4.79 Å². The number of carbonyl (C=O) groups excluding carboxylic acids is 1. The summed E-state index contributed by atoms with van der Waals surface area (Å²) in [5.74, 6) is 3.11. The summed E-state index contributed by atoms with van der Waals surface area (Å²) in [6.07, 6.45) is 8.63. The number of ether oxygens (including phenoxy) is 2. The van der Waals surface area contributed by atoms with Crippen LogP contribution in [0, 0.1) is 0 Å². The Morgan fingerprint density at radius 2 is 1.68 bits per heavy atom. The molecule has 3 aromatic rings. The fourth-order valence-corrected chi connectivity index (χ4v) is 5.71. The average molecular weight is 544 g/mol. The van der Waals surface area contributed by atoms with Gasteiger partial charge in [0.05, 0.1) is 19.2 Å². The molecule has 0 atom stereocenters. The maximum Gasteiger partial charge on any atom is 0.225 e. The highest BCUT2D eigenvalue weighted by Crippen LogP contribution is 2.31. The van der Waals surface area contributed by atoms with E-state index >= 15 is 0 Å². The highest BCUT2D eigenvalue weighted by Gasteiger charge is 2.25. The van der Waals surface area contributed by atoms with Crippen LogP contribution < -0.4 is 25.0 Å².